The van der Waals surface area contributed by atoms with Crippen LogP contribution in [0.1, 0.15) is 47.7 Å². The largest absolute Gasteiger partial charge is 0.303 e. The Labute approximate surface area is 129 Å². The third-order valence-corrected chi connectivity index (χ3v) is 5.06. The lowest BCUT2D eigenvalue weighted by Crippen LogP contribution is -2.23. The Bertz CT molecular complexity index is 621. The quantitative estimate of drug-likeness (QED) is 0.826. The van der Waals surface area contributed by atoms with Gasteiger partial charge in [0.25, 0.3) is 0 Å². The van der Waals surface area contributed by atoms with Crippen molar-refractivity contribution < 1.29 is 0 Å². The molecular formula is C18H20BrN. The molecule has 0 saturated heterocycles. The smallest absolute Gasteiger partial charge is 0.0331 e. The van der Waals surface area contributed by atoms with E-state index < -0.39 is 0 Å². The summed E-state index contributed by atoms with van der Waals surface area (Å²) in [6, 6.07) is 16.0. The molecule has 2 heteroatoms. The number of hydrogen-bond acceptors (Lipinski definition) is 1. The molecule has 0 aliphatic heterocycles. The van der Waals surface area contributed by atoms with E-state index in [2.05, 4.69) is 77.6 Å². The Morgan fingerprint density at radius 3 is 2.75 bits per heavy atom. The first-order valence-electron chi connectivity index (χ1n) is 7.25. The van der Waals surface area contributed by atoms with Gasteiger partial charge in [-0.1, -0.05) is 52.3 Å². The van der Waals surface area contributed by atoms with Crippen molar-refractivity contribution in [2.24, 2.45) is 0 Å². The lowest BCUT2D eigenvalue weighted by molar-refractivity contribution is 0.464. The van der Waals surface area contributed by atoms with Gasteiger partial charge in [-0.3, -0.25) is 0 Å². The number of hydrogen-bond donors (Lipinski definition) is 1. The summed E-state index contributed by atoms with van der Waals surface area (Å²) in [6.07, 6.45) is 2.35. The Morgan fingerprint density at radius 1 is 1.15 bits per heavy atom. The summed E-state index contributed by atoms with van der Waals surface area (Å²) in [6.45, 7) is 4.45. The molecule has 104 valence electrons. The van der Waals surface area contributed by atoms with Crippen LogP contribution in [-0.2, 0) is 6.42 Å². The van der Waals surface area contributed by atoms with E-state index in [9.17, 15) is 0 Å². The fourth-order valence-corrected chi connectivity index (χ4v) is 3.83. The molecule has 0 heterocycles. The average Bonchev–Trinajstić information content (AvgIpc) is 2.84. The van der Waals surface area contributed by atoms with Gasteiger partial charge in [-0.15, -0.1) is 0 Å². The highest BCUT2D eigenvalue weighted by atomic mass is 79.9. The van der Waals surface area contributed by atoms with Crippen molar-refractivity contribution >= 4 is 15.9 Å². The van der Waals surface area contributed by atoms with Gasteiger partial charge in [-0.05, 0) is 55.0 Å². The summed E-state index contributed by atoms with van der Waals surface area (Å²) in [5.41, 5.74) is 5.69. The van der Waals surface area contributed by atoms with Crippen LogP contribution in [0.4, 0.5) is 0 Å². The molecule has 2 atom stereocenters. The number of benzene rings is 2. The molecule has 0 amide bonds. The van der Waals surface area contributed by atoms with E-state index in [-0.39, 0.29) is 0 Å². The molecule has 0 radical (unpaired) electrons. The lowest BCUT2D eigenvalue weighted by atomic mass is 10.0. The van der Waals surface area contributed by atoms with Crippen molar-refractivity contribution in [1.82, 2.24) is 5.32 Å². The first-order chi connectivity index (χ1) is 9.66. The van der Waals surface area contributed by atoms with Gasteiger partial charge < -0.3 is 5.32 Å². The van der Waals surface area contributed by atoms with Crippen LogP contribution in [0.2, 0.25) is 0 Å². The standard InChI is InChI=1S/C18H20BrN/c1-12-6-3-4-7-14(12)13(2)20-18-11-10-15-16(18)8-5-9-17(15)19/h3-9,13,18,20H,10-11H2,1-2H3. The predicted octanol–water partition coefficient (Wildman–Crippen LogP) is 5.10. The summed E-state index contributed by atoms with van der Waals surface area (Å²) in [5.74, 6) is 0. The second-order valence-electron chi connectivity index (χ2n) is 5.64. The number of halogens is 1. The highest BCUT2D eigenvalue weighted by Gasteiger charge is 2.25. The molecule has 2 aromatic rings. The molecule has 20 heavy (non-hydrogen) atoms. The van der Waals surface area contributed by atoms with E-state index in [0.29, 0.717) is 12.1 Å². The minimum Gasteiger partial charge on any atom is -0.303 e. The van der Waals surface area contributed by atoms with Crippen LogP contribution in [0.25, 0.3) is 0 Å². The van der Waals surface area contributed by atoms with E-state index >= 15 is 0 Å². The third-order valence-electron chi connectivity index (χ3n) is 4.32. The predicted molar refractivity (Wildman–Crippen MR) is 87.9 cm³/mol. The summed E-state index contributed by atoms with van der Waals surface area (Å²) < 4.78 is 1.25. The fraction of sp³-hybridized carbons (Fsp3) is 0.333. The molecule has 0 aromatic heterocycles. The summed E-state index contributed by atoms with van der Waals surface area (Å²) in [7, 11) is 0. The van der Waals surface area contributed by atoms with Crippen molar-refractivity contribution in [2.75, 3.05) is 0 Å². The van der Waals surface area contributed by atoms with Crippen LogP contribution in [0, 0.1) is 6.92 Å². The second kappa shape index (κ2) is 5.71. The number of fused-ring (bicyclic) bond motifs is 1. The van der Waals surface area contributed by atoms with Gasteiger partial charge >= 0.3 is 0 Å². The Kier molecular flexibility index (Phi) is 3.95. The molecular weight excluding hydrogens is 310 g/mol. The molecule has 1 nitrogen and oxygen atoms in total. The Morgan fingerprint density at radius 2 is 1.95 bits per heavy atom. The average molecular weight is 330 g/mol. The normalized spacial score (nSPS) is 18.9. The van der Waals surface area contributed by atoms with E-state index in [1.165, 1.54) is 33.1 Å². The summed E-state index contributed by atoms with van der Waals surface area (Å²) in [5, 5.41) is 3.80. The maximum absolute atomic E-state index is 3.80. The van der Waals surface area contributed by atoms with E-state index in [0.717, 1.165) is 6.42 Å². The van der Waals surface area contributed by atoms with Gasteiger partial charge in [0.2, 0.25) is 0 Å². The third kappa shape index (κ3) is 2.55. The molecule has 1 aliphatic carbocycles. The molecule has 2 unspecified atom stereocenters. The zero-order valence-electron chi connectivity index (χ0n) is 12.0. The molecule has 0 fully saturated rings. The van der Waals surface area contributed by atoms with Crippen LogP contribution in [0.15, 0.2) is 46.9 Å². The molecule has 2 aromatic carbocycles. The second-order valence-corrected chi connectivity index (χ2v) is 6.50. The van der Waals surface area contributed by atoms with Gasteiger partial charge in [0.05, 0.1) is 0 Å². The van der Waals surface area contributed by atoms with Crippen LogP contribution in [0.5, 0.6) is 0 Å². The Hall–Kier alpha value is -1.12. The van der Waals surface area contributed by atoms with Crippen LogP contribution < -0.4 is 5.32 Å². The number of aryl methyl sites for hydroxylation is 1. The van der Waals surface area contributed by atoms with Crippen LogP contribution in [-0.4, -0.2) is 0 Å². The SMILES string of the molecule is Cc1ccccc1C(C)NC1CCc2c(Br)cccc21. The van der Waals surface area contributed by atoms with E-state index in [1.807, 2.05) is 0 Å². The number of rotatable bonds is 3. The molecule has 3 rings (SSSR count). The van der Waals surface area contributed by atoms with Crippen molar-refractivity contribution in [3.63, 3.8) is 0 Å². The molecule has 0 bridgehead atoms. The van der Waals surface area contributed by atoms with Crippen LogP contribution >= 0.6 is 15.9 Å². The van der Waals surface area contributed by atoms with Gasteiger partial charge in [-0.25, -0.2) is 0 Å². The zero-order chi connectivity index (χ0) is 14.1. The van der Waals surface area contributed by atoms with E-state index in [1.54, 1.807) is 0 Å². The van der Waals surface area contributed by atoms with Crippen LogP contribution in [0.3, 0.4) is 0 Å². The van der Waals surface area contributed by atoms with Gasteiger partial charge in [-0.2, -0.15) is 0 Å². The van der Waals surface area contributed by atoms with Crippen molar-refractivity contribution in [3.05, 3.63) is 69.2 Å². The maximum Gasteiger partial charge on any atom is 0.0331 e. The maximum atomic E-state index is 3.80. The fourth-order valence-electron chi connectivity index (χ4n) is 3.25. The highest BCUT2D eigenvalue weighted by molar-refractivity contribution is 9.10. The summed E-state index contributed by atoms with van der Waals surface area (Å²) >= 11 is 3.67. The molecule has 1 aliphatic rings. The molecule has 0 spiro atoms. The van der Waals surface area contributed by atoms with Crippen molar-refractivity contribution in [1.29, 1.82) is 0 Å². The molecule has 0 saturated carbocycles. The minimum absolute atomic E-state index is 0.381. The van der Waals surface area contributed by atoms with Gasteiger partial charge in [0.1, 0.15) is 0 Å². The Balaban J connectivity index is 1.81. The van der Waals surface area contributed by atoms with Gasteiger partial charge in [0.15, 0.2) is 0 Å². The van der Waals surface area contributed by atoms with Crippen molar-refractivity contribution in [3.8, 4) is 0 Å². The van der Waals surface area contributed by atoms with Gasteiger partial charge in [0, 0.05) is 16.6 Å². The summed E-state index contributed by atoms with van der Waals surface area (Å²) in [4.78, 5) is 0. The number of nitrogens with one attached hydrogen (secondary N) is 1. The highest BCUT2D eigenvalue weighted by Crippen LogP contribution is 2.37. The zero-order valence-corrected chi connectivity index (χ0v) is 13.6. The first-order valence-corrected chi connectivity index (χ1v) is 8.05. The topological polar surface area (TPSA) is 12.0 Å². The minimum atomic E-state index is 0.381. The monoisotopic (exact) mass is 329 g/mol. The molecule has 1 N–H and O–H groups in total. The first kappa shape index (κ1) is 13.8. The lowest BCUT2D eigenvalue weighted by Gasteiger charge is -2.22. The van der Waals surface area contributed by atoms with Crippen molar-refractivity contribution in [2.45, 2.75) is 38.8 Å². The van der Waals surface area contributed by atoms with E-state index in [4.69, 9.17) is 0 Å².